The number of hydrogen-bond donors (Lipinski definition) is 3. The van der Waals surface area contributed by atoms with Gasteiger partial charge in [0.15, 0.2) is 0 Å². The van der Waals surface area contributed by atoms with Crippen LogP contribution in [0.4, 0.5) is 0 Å². The van der Waals surface area contributed by atoms with E-state index in [0.29, 0.717) is 22.5 Å². The van der Waals surface area contributed by atoms with Crippen molar-refractivity contribution in [1.29, 1.82) is 0 Å². The van der Waals surface area contributed by atoms with E-state index in [9.17, 15) is 4.57 Å². The first-order valence-corrected chi connectivity index (χ1v) is 6.11. The van der Waals surface area contributed by atoms with Gasteiger partial charge in [-0.05, 0) is 30.7 Å². The fraction of sp³-hybridized carbons (Fsp3) is 0.143. The van der Waals surface area contributed by atoms with Crippen LogP contribution >= 0.6 is 19.6 Å². The summed E-state index contributed by atoms with van der Waals surface area (Å²) in [4.78, 5) is 18.3. The monoisotopic (exact) mass is 252 g/mol. The van der Waals surface area contributed by atoms with Gasteiger partial charge in [-0.3, -0.25) is 4.57 Å². The lowest BCUT2D eigenvalue weighted by Crippen LogP contribution is -2.04. The van der Waals surface area contributed by atoms with Crippen LogP contribution in [0, 0.1) is 6.92 Å². The third-order valence-corrected chi connectivity index (χ3v) is 3.02. The lowest BCUT2D eigenvalue weighted by molar-refractivity contribution is -0.432. The maximum Gasteiger partial charge on any atom is 0.356 e. The molecule has 0 bridgehead atoms. The van der Waals surface area contributed by atoms with Crippen LogP contribution in [0.5, 0.6) is 0 Å². The van der Waals surface area contributed by atoms with Gasteiger partial charge in [-0.1, -0.05) is 5.04 Å². The van der Waals surface area contributed by atoms with Crippen molar-refractivity contribution >= 4 is 24.9 Å². The molecule has 0 unspecified atom stereocenters. The van der Waals surface area contributed by atoms with E-state index in [4.69, 9.17) is 15.0 Å². The first kappa shape index (κ1) is 12.7. The minimum atomic E-state index is -4.28. The summed E-state index contributed by atoms with van der Waals surface area (Å²) in [5.41, 5.74) is 0.667. The zero-order valence-corrected chi connectivity index (χ0v) is 9.36. The molecule has 84 valence electrons. The lowest BCUT2D eigenvalue weighted by Gasteiger charge is -2.07. The van der Waals surface area contributed by atoms with Crippen LogP contribution in [0.2, 0.25) is 0 Å². The van der Waals surface area contributed by atoms with Gasteiger partial charge in [0.05, 0.1) is 17.3 Å². The second kappa shape index (κ2) is 5.09. The van der Waals surface area contributed by atoms with Crippen LogP contribution in [0.25, 0.3) is 0 Å². The first-order chi connectivity index (χ1) is 6.93. The molecule has 0 saturated carbocycles. The van der Waals surface area contributed by atoms with Gasteiger partial charge in [0.25, 0.3) is 0 Å². The standard InChI is InChI=1S/C7H9O6PS/c1-5-2-6(14(9,10)11)4-7(3-5)15-13-12-8/h2-4,8H,1H3,(H2,9,10,11). The number of benzene rings is 1. The van der Waals surface area contributed by atoms with Gasteiger partial charge in [-0.15, -0.1) is 4.33 Å². The van der Waals surface area contributed by atoms with Crippen LogP contribution in [0.1, 0.15) is 5.56 Å². The molecule has 0 heterocycles. The molecule has 0 spiro atoms. The second-order valence-electron chi connectivity index (χ2n) is 2.77. The molecule has 0 radical (unpaired) electrons. The molecule has 1 aromatic carbocycles. The van der Waals surface area contributed by atoms with Crippen molar-refractivity contribution in [3.63, 3.8) is 0 Å². The Kier molecular flexibility index (Phi) is 4.30. The van der Waals surface area contributed by atoms with E-state index >= 15 is 0 Å². The van der Waals surface area contributed by atoms with Crippen molar-refractivity contribution in [1.82, 2.24) is 0 Å². The van der Waals surface area contributed by atoms with Crippen molar-refractivity contribution < 1.29 is 29.0 Å². The zero-order chi connectivity index (χ0) is 11.5. The van der Waals surface area contributed by atoms with Crippen LogP contribution in [-0.4, -0.2) is 15.0 Å². The summed E-state index contributed by atoms with van der Waals surface area (Å²) in [7, 11) is -4.28. The highest BCUT2D eigenvalue weighted by molar-refractivity contribution is 7.94. The smallest absolute Gasteiger partial charge is 0.321 e. The van der Waals surface area contributed by atoms with E-state index < -0.39 is 7.60 Å². The Morgan fingerprint density at radius 3 is 2.53 bits per heavy atom. The molecule has 0 aliphatic heterocycles. The predicted octanol–water partition coefficient (Wildman–Crippen LogP) is 1.23. The Morgan fingerprint density at radius 1 is 1.33 bits per heavy atom. The van der Waals surface area contributed by atoms with Crippen molar-refractivity contribution in [3.8, 4) is 0 Å². The third-order valence-electron chi connectivity index (χ3n) is 1.53. The molecule has 0 aromatic heterocycles. The van der Waals surface area contributed by atoms with Crippen molar-refractivity contribution in [3.05, 3.63) is 23.8 Å². The van der Waals surface area contributed by atoms with Gasteiger partial charge >= 0.3 is 7.60 Å². The summed E-state index contributed by atoms with van der Waals surface area (Å²) in [6, 6.07) is 4.27. The minimum absolute atomic E-state index is 0.105. The van der Waals surface area contributed by atoms with Crippen LogP contribution in [0.3, 0.4) is 0 Å². The molecular formula is C7H9O6PS. The Labute approximate surface area is 90.1 Å². The van der Waals surface area contributed by atoms with E-state index in [1.54, 1.807) is 13.0 Å². The highest BCUT2D eigenvalue weighted by Gasteiger charge is 2.18. The zero-order valence-electron chi connectivity index (χ0n) is 7.65. The van der Waals surface area contributed by atoms with Gasteiger partial charge in [-0.2, -0.15) is 0 Å². The van der Waals surface area contributed by atoms with Crippen molar-refractivity contribution in [2.24, 2.45) is 0 Å². The molecule has 0 aliphatic carbocycles. The van der Waals surface area contributed by atoms with E-state index in [-0.39, 0.29) is 5.30 Å². The molecule has 1 rings (SSSR count). The summed E-state index contributed by atoms with van der Waals surface area (Å²) in [6.45, 7) is 1.68. The summed E-state index contributed by atoms with van der Waals surface area (Å²) in [5, 5.41) is 11.2. The van der Waals surface area contributed by atoms with Crippen LogP contribution < -0.4 is 5.30 Å². The van der Waals surface area contributed by atoms with Crippen molar-refractivity contribution in [2.45, 2.75) is 11.8 Å². The highest BCUT2D eigenvalue weighted by Crippen LogP contribution is 2.35. The maximum atomic E-state index is 11.0. The Balaban J connectivity index is 3.00. The van der Waals surface area contributed by atoms with Crippen LogP contribution in [0.15, 0.2) is 23.1 Å². The number of hydrogen-bond acceptors (Lipinski definition) is 5. The number of rotatable bonds is 4. The summed E-state index contributed by atoms with van der Waals surface area (Å²) in [6.07, 6.45) is 0. The molecule has 6 nitrogen and oxygen atoms in total. The quantitative estimate of drug-likeness (QED) is 0.321. The lowest BCUT2D eigenvalue weighted by atomic mass is 10.2. The van der Waals surface area contributed by atoms with Gasteiger partial charge in [0.2, 0.25) is 0 Å². The third kappa shape index (κ3) is 3.92. The molecule has 0 atom stereocenters. The largest absolute Gasteiger partial charge is 0.356 e. The Bertz CT molecular complexity index is 389. The molecule has 0 fully saturated rings. The molecule has 15 heavy (non-hydrogen) atoms. The molecule has 1 aromatic rings. The molecule has 0 amide bonds. The number of aryl methyl sites for hydroxylation is 1. The van der Waals surface area contributed by atoms with Gasteiger partial charge in [0.1, 0.15) is 0 Å². The van der Waals surface area contributed by atoms with E-state index in [1.807, 2.05) is 0 Å². The summed E-state index contributed by atoms with van der Waals surface area (Å²) >= 11 is 0.649. The van der Waals surface area contributed by atoms with Gasteiger partial charge < -0.3 is 9.79 Å². The maximum absolute atomic E-state index is 11.0. The average Bonchev–Trinajstić information content (AvgIpc) is 2.12. The molecular weight excluding hydrogens is 243 g/mol. The molecule has 0 saturated heterocycles. The van der Waals surface area contributed by atoms with Gasteiger partial charge in [0, 0.05) is 4.90 Å². The normalized spacial score (nSPS) is 11.7. The van der Waals surface area contributed by atoms with E-state index in [2.05, 4.69) is 9.37 Å². The second-order valence-corrected chi connectivity index (χ2v) is 5.15. The summed E-state index contributed by atoms with van der Waals surface area (Å²) < 4.78 is 15.1. The minimum Gasteiger partial charge on any atom is -0.321 e. The first-order valence-electron chi connectivity index (χ1n) is 3.76. The topological polar surface area (TPSA) is 96.2 Å². The molecule has 0 aliphatic rings. The average molecular weight is 252 g/mol. The Hall–Kier alpha value is -0.400. The molecule has 3 N–H and O–H groups in total. The SMILES string of the molecule is Cc1cc(SOOO)cc(P(=O)(O)O)c1. The van der Waals surface area contributed by atoms with E-state index in [1.165, 1.54) is 12.1 Å². The predicted molar refractivity (Wildman–Crippen MR) is 53.5 cm³/mol. The highest BCUT2D eigenvalue weighted by atomic mass is 32.2. The fourth-order valence-electron chi connectivity index (χ4n) is 0.999. The van der Waals surface area contributed by atoms with Gasteiger partial charge in [-0.25, -0.2) is 5.26 Å². The summed E-state index contributed by atoms with van der Waals surface area (Å²) in [5.74, 6) is 0. The molecule has 8 heteroatoms. The fourth-order valence-corrected chi connectivity index (χ4v) is 2.28. The van der Waals surface area contributed by atoms with Crippen LogP contribution in [-0.2, 0) is 13.9 Å². The van der Waals surface area contributed by atoms with E-state index in [0.717, 1.165) is 0 Å². The Morgan fingerprint density at radius 2 is 2.00 bits per heavy atom. The van der Waals surface area contributed by atoms with Crippen molar-refractivity contribution in [2.75, 3.05) is 0 Å².